The van der Waals surface area contributed by atoms with Gasteiger partial charge in [-0.25, -0.2) is 0 Å². The first-order chi connectivity index (χ1) is 8.66. The molecule has 0 aliphatic rings. The largest absolute Gasteiger partial charge is 0.481 e. The minimum atomic E-state index is -0.738. The van der Waals surface area contributed by atoms with Crippen molar-refractivity contribution in [3.8, 4) is 0 Å². The third-order valence-corrected chi connectivity index (χ3v) is 4.09. The van der Waals surface area contributed by atoms with Crippen LogP contribution in [0.4, 0.5) is 5.69 Å². The average Bonchev–Trinajstić information content (AvgIpc) is 2.33. The smallest absolute Gasteiger partial charge is 0.309 e. The zero-order valence-electron chi connectivity index (χ0n) is 12.9. The van der Waals surface area contributed by atoms with Gasteiger partial charge in [-0.15, -0.1) is 0 Å². The van der Waals surface area contributed by atoms with E-state index in [-0.39, 0.29) is 0 Å². The molecule has 0 heterocycles. The molecule has 3 nitrogen and oxygen atoms in total. The fourth-order valence-electron chi connectivity index (χ4n) is 2.03. The van der Waals surface area contributed by atoms with Crippen molar-refractivity contribution in [1.29, 1.82) is 0 Å². The van der Waals surface area contributed by atoms with Gasteiger partial charge in [0.15, 0.2) is 0 Å². The number of aliphatic carboxylic acids is 1. The molecule has 1 rings (SSSR count). The Labute approximate surface area is 116 Å². The third-order valence-electron chi connectivity index (χ3n) is 4.09. The van der Waals surface area contributed by atoms with E-state index in [1.165, 1.54) is 22.4 Å². The normalized spacial score (nSPS) is 11.5. The molecule has 0 saturated heterocycles. The molecule has 1 aromatic rings. The highest BCUT2D eigenvalue weighted by molar-refractivity contribution is 5.73. The summed E-state index contributed by atoms with van der Waals surface area (Å²) in [5, 5.41) is 9.14. The first-order valence-corrected chi connectivity index (χ1v) is 6.68. The lowest BCUT2D eigenvalue weighted by molar-refractivity contribution is -0.147. The molecule has 0 unspecified atom stereocenters. The van der Waals surface area contributed by atoms with Crippen molar-refractivity contribution in [2.75, 3.05) is 18.5 Å². The first-order valence-electron chi connectivity index (χ1n) is 6.68. The van der Waals surface area contributed by atoms with Crippen molar-refractivity contribution in [3.63, 3.8) is 0 Å². The second-order valence-electron chi connectivity index (χ2n) is 6.01. The molecule has 1 aromatic carbocycles. The van der Waals surface area contributed by atoms with Crippen LogP contribution in [-0.2, 0) is 4.79 Å². The number of hydrogen-bond acceptors (Lipinski definition) is 2. The lowest BCUT2D eigenvalue weighted by atomic mass is 9.89. The molecule has 0 saturated carbocycles. The number of rotatable bonds is 5. The van der Waals surface area contributed by atoms with E-state index in [4.69, 9.17) is 5.11 Å². The van der Waals surface area contributed by atoms with Gasteiger partial charge in [0.2, 0.25) is 0 Å². The molecule has 106 valence electrons. The summed E-state index contributed by atoms with van der Waals surface area (Å²) < 4.78 is 0. The van der Waals surface area contributed by atoms with E-state index in [2.05, 4.69) is 37.8 Å². The summed E-state index contributed by atoms with van der Waals surface area (Å²) in [7, 11) is 2.02. The van der Waals surface area contributed by atoms with Crippen molar-refractivity contribution in [2.45, 2.75) is 41.0 Å². The van der Waals surface area contributed by atoms with Crippen molar-refractivity contribution >= 4 is 11.7 Å². The molecule has 0 aliphatic heterocycles. The predicted molar refractivity (Wildman–Crippen MR) is 80.0 cm³/mol. The Kier molecular flexibility index (Phi) is 4.61. The Balaban J connectivity index is 2.83. The van der Waals surface area contributed by atoms with E-state index in [0.717, 1.165) is 6.54 Å². The summed E-state index contributed by atoms with van der Waals surface area (Å²) in [6.45, 7) is 10.6. The molecule has 0 amide bonds. The average molecular weight is 263 g/mol. The van der Waals surface area contributed by atoms with Crippen molar-refractivity contribution < 1.29 is 9.90 Å². The second-order valence-corrected chi connectivity index (χ2v) is 6.01. The van der Waals surface area contributed by atoms with Crippen LogP contribution < -0.4 is 4.90 Å². The number of anilines is 1. The zero-order chi connectivity index (χ0) is 14.8. The maximum absolute atomic E-state index is 11.1. The quantitative estimate of drug-likeness (QED) is 0.883. The molecule has 0 atom stereocenters. The van der Waals surface area contributed by atoms with E-state index in [1.54, 1.807) is 13.8 Å². The molecule has 0 bridgehead atoms. The lowest BCUT2D eigenvalue weighted by Crippen LogP contribution is -2.30. The topological polar surface area (TPSA) is 40.5 Å². The summed E-state index contributed by atoms with van der Waals surface area (Å²) in [4.78, 5) is 13.3. The Morgan fingerprint density at radius 2 is 1.79 bits per heavy atom. The number of carboxylic acid groups (broad SMARTS) is 1. The fraction of sp³-hybridized carbons (Fsp3) is 0.562. The Morgan fingerprint density at radius 3 is 2.32 bits per heavy atom. The van der Waals surface area contributed by atoms with E-state index in [0.29, 0.717) is 6.42 Å². The van der Waals surface area contributed by atoms with Crippen LogP contribution in [0.15, 0.2) is 12.1 Å². The van der Waals surface area contributed by atoms with Crippen molar-refractivity contribution in [1.82, 2.24) is 0 Å². The van der Waals surface area contributed by atoms with Crippen molar-refractivity contribution in [3.05, 3.63) is 28.8 Å². The highest BCUT2D eigenvalue weighted by Gasteiger charge is 2.27. The molecule has 0 radical (unpaired) electrons. The van der Waals surface area contributed by atoms with Gasteiger partial charge in [0.25, 0.3) is 0 Å². The van der Waals surface area contributed by atoms with Crippen LogP contribution >= 0.6 is 0 Å². The Morgan fingerprint density at radius 1 is 1.21 bits per heavy atom. The van der Waals surface area contributed by atoms with Crippen LogP contribution in [0, 0.1) is 26.2 Å². The molecule has 0 spiro atoms. The molecular weight excluding hydrogens is 238 g/mol. The number of aryl methyl sites for hydroxylation is 1. The van der Waals surface area contributed by atoms with E-state index in [1.807, 2.05) is 7.05 Å². The fourth-order valence-corrected chi connectivity index (χ4v) is 2.03. The minimum Gasteiger partial charge on any atom is -0.481 e. The lowest BCUT2D eigenvalue weighted by Gasteiger charge is -2.27. The highest BCUT2D eigenvalue weighted by Crippen LogP contribution is 2.27. The van der Waals surface area contributed by atoms with Crippen LogP contribution in [0.5, 0.6) is 0 Å². The summed E-state index contributed by atoms with van der Waals surface area (Å²) in [5.74, 6) is -0.738. The summed E-state index contributed by atoms with van der Waals surface area (Å²) in [6, 6.07) is 4.24. The van der Waals surface area contributed by atoms with Gasteiger partial charge in [-0.1, -0.05) is 6.07 Å². The molecule has 0 fully saturated rings. The monoisotopic (exact) mass is 263 g/mol. The highest BCUT2D eigenvalue weighted by atomic mass is 16.4. The maximum atomic E-state index is 11.1. The first kappa shape index (κ1) is 15.5. The maximum Gasteiger partial charge on any atom is 0.309 e. The Bertz CT molecular complexity index is 478. The Hall–Kier alpha value is -1.51. The third kappa shape index (κ3) is 3.49. The van der Waals surface area contributed by atoms with Crippen molar-refractivity contribution in [2.24, 2.45) is 5.41 Å². The molecule has 3 heteroatoms. The molecule has 19 heavy (non-hydrogen) atoms. The number of nitrogens with zero attached hydrogens (tertiary/aromatic N) is 1. The minimum absolute atomic E-state index is 0.630. The van der Waals surface area contributed by atoms with Gasteiger partial charge in [0, 0.05) is 19.3 Å². The van der Waals surface area contributed by atoms with E-state index < -0.39 is 11.4 Å². The summed E-state index contributed by atoms with van der Waals surface area (Å²) in [5.41, 5.74) is 4.38. The van der Waals surface area contributed by atoms with Crippen LogP contribution in [0.1, 0.15) is 37.0 Å². The van der Waals surface area contributed by atoms with Gasteiger partial charge in [-0.2, -0.15) is 0 Å². The van der Waals surface area contributed by atoms with Gasteiger partial charge in [-0.05, 0) is 63.8 Å². The zero-order valence-corrected chi connectivity index (χ0v) is 12.9. The molecule has 1 N–H and O–H groups in total. The van der Waals surface area contributed by atoms with Gasteiger partial charge >= 0.3 is 5.97 Å². The van der Waals surface area contributed by atoms with E-state index >= 15 is 0 Å². The molecule has 0 aliphatic carbocycles. The summed E-state index contributed by atoms with van der Waals surface area (Å²) in [6.07, 6.45) is 0.630. The van der Waals surface area contributed by atoms with Crippen LogP contribution in [-0.4, -0.2) is 24.7 Å². The molecular formula is C16H25NO2. The van der Waals surface area contributed by atoms with Crippen LogP contribution in [0.2, 0.25) is 0 Å². The predicted octanol–water partition coefficient (Wildman–Crippen LogP) is 3.55. The van der Waals surface area contributed by atoms with Gasteiger partial charge in [0.05, 0.1) is 5.41 Å². The number of carboxylic acids is 1. The number of benzene rings is 1. The van der Waals surface area contributed by atoms with Gasteiger partial charge in [0.1, 0.15) is 0 Å². The number of carbonyl (C=O) groups is 1. The standard InChI is InChI=1S/C16H25NO2/c1-11-7-8-14(13(3)12(11)2)17(6)10-9-16(4,5)15(18)19/h7-8H,9-10H2,1-6H3,(H,18,19). The van der Waals surface area contributed by atoms with Gasteiger partial charge in [-0.3, -0.25) is 4.79 Å². The summed E-state index contributed by atoms with van der Waals surface area (Å²) >= 11 is 0. The molecule has 0 aromatic heterocycles. The second kappa shape index (κ2) is 5.64. The van der Waals surface area contributed by atoms with Gasteiger partial charge < -0.3 is 10.0 Å². The van der Waals surface area contributed by atoms with E-state index in [9.17, 15) is 4.79 Å². The SMILES string of the molecule is Cc1ccc(N(C)CCC(C)(C)C(=O)O)c(C)c1C. The van der Waals surface area contributed by atoms with Crippen LogP contribution in [0.25, 0.3) is 0 Å². The number of hydrogen-bond donors (Lipinski definition) is 1. The van der Waals surface area contributed by atoms with Crippen LogP contribution in [0.3, 0.4) is 0 Å².